The number of rotatable bonds is 4. The highest BCUT2D eigenvalue weighted by Gasteiger charge is 2.17. The summed E-state index contributed by atoms with van der Waals surface area (Å²) in [5, 5.41) is 4.12. The number of nitrogens with zero attached hydrogens (tertiary/aromatic N) is 6. The summed E-state index contributed by atoms with van der Waals surface area (Å²) < 4.78 is 34.1. The summed E-state index contributed by atoms with van der Waals surface area (Å²) in [7, 11) is 1.49. The van der Waals surface area contributed by atoms with Crippen molar-refractivity contribution in [2.75, 3.05) is 12.8 Å². The minimum Gasteiger partial charge on any atom is -0.479 e. The van der Waals surface area contributed by atoms with Crippen LogP contribution in [-0.2, 0) is 6.54 Å². The van der Waals surface area contributed by atoms with Crippen LogP contribution in [0.15, 0.2) is 24.5 Å². The molecule has 0 aromatic carbocycles. The first-order valence-electron chi connectivity index (χ1n) is 7.78. The van der Waals surface area contributed by atoms with Gasteiger partial charge in [-0.3, -0.25) is 0 Å². The fourth-order valence-corrected chi connectivity index (χ4v) is 3.02. The molecule has 0 aliphatic rings. The Kier molecular flexibility index (Phi) is 3.67. The zero-order chi connectivity index (χ0) is 18.4. The lowest BCUT2D eigenvalue weighted by Crippen LogP contribution is -2.08. The molecule has 4 rings (SSSR count). The van der Waals surface area contributed by atoms with Crippen LogP contribution in [0.5, 0.6) is 5.88 Å². The Morgan fingerprint density at radius 1 is 1.31 bits per heavy atom. The first-order chi connectivity index (χ1) is 12.5. The molecule has 26 heavy (non-hydrogen) atoms. The van der Waals surface area contributed by atoms with Gasteiger partial charge in [-0.15, -0.1) is 5.10 Å². The minimum absolute atomic E-state index is 0.0794. The van der Waals surface area contributed by atoms with Gasteiger partial charge in [0, 0.05) is 23.5 Å². The molecule has 8 nitrogen and oxygen atoms in total. The predicted molar refractivity (Wildman–Crippen MR) is 91.2 cm³/mol. The lowest BCUT2D eigenvalue weighted by molar-refractivity contribution is 0.127. The first kappa shape index (κ1) is 16.2. The van der Waals surface area contributed by atoms with Crippen molar-refractivity contribution in [1.29, 1.82) is 0 Å². The number of nitrogen functional groups attached to an aromatic ring is 1. The quantitative estimate of drug-likeness (QED) is 0.601. The maximum absolute atomic E-state index is 12.9. The molecule has 0 saturated heterocycles. The SMILES string of the molecule is COc1nc(N)nn2ccc(-c3cnc4nc(C)n(CC(F)F)c4c3)c12. The van der Waals surface area contributed by atoms with Gasteiger partial charge in [0.25, 0.3) is 6.43 Å². The molecular formula is C16H15F2N7O. The second-order valence-corrected chi connectivity index (χ2v) is 5.73. The van der Waals surface area contributed by atoms with Gasteiger partial charge in [0.2, 0.25) is 11.8 Å². The van der Waals surface area contributed by atoms with Gasteiger partial charge >= 0.3 is 0 Å². The van der Waals surface area contributed by atoms with Crippen LogP contribution < -0.4 is 10.5 Å². The molecule has 2 N–H and O–H groups in total. The summed E-state index contributed by atoms with van der Waals surface area (Å²) in [5.74, 6) is 0.881. The Bertz CT molecular complexity index is 1120. The number of fused-ring (bicyclic) bond motifs is 2. The number of anilines is 1. The van der Waals surface area contributed by atoms with E-state index in [1.165, 1.54) is 11.7 Å². The van der Waals surface area contributed by atoms with Crippen molar-refractivity contribution in [3.05, 3.63) is 30.4 Å². The molecule has 0 bridgehead atoms. The third kappa shape index (κ3) is 2.50. The maximum Gasteiger partial charge on any atom is 0.256 e. The molecule has 0 aliphatic carbocycles. The standard InChI is InChI=1S/C16H15F2N7O/c1-8-21-14-11(24(8)7-12(17)18)5-9(6-20-14)10-3-4-25-13(10)15(26-2)22-16(19)23-25/h3-6,12H,7H2,1-2H3,(H2,19,23). The number of imidazole rings is 1. The summed E-state index contributed by atoms with van der Waals surface area (Å²) in [6.45, 7) is 1.24. The summed E-state index contributed by atoms with van der Waals surface area (Å²) in [5.41, 5.74) is 8.70. The first-order valence-corrected chi connectivity index (χ1v) is 7.78. The van der Waals surface area contributed by atoms with E-state index in [1.54, 1.807) is 29.9 Å². The third-order valence-electron chi connectivity index (χ3n) is 4.12. The molecular weight excluding hydrogens is 344 g/mol. The topological polar surface area (TPSA) is 96.2 Å². The number of aromatic nitrogens is 6. The van der Waals surface area contributed by atoms with Gasteiger partial charge in [-0.1, -0.05) is 0 Å². The number of pyridine rings is 1. The number of nitrogens with two attached hydrogens (primary N) is 1. The van der Waals surface area contributed by atoms with Gasteiger partial charge in [0.1, 0.15) is 11.3 Å². The largest absolute Gasteiger partial charge is 0.479 e. The number of alkyl halides is 2. The van der Waals surface area contributed by atoms with Crippen molar-refractivity contribution in [1.82, 2.24) is 29.1 Å². The van der Waals surface area contributed by atoms with E-state index < -0.39 is 13.0 Å². The van der Waals surface area contributed by atoms with Crippen LogP contribution in [0.2, 0.25) is 0 Å². The van der Waals surface area contributed by atoms with E-state index in [4.69, 9.17) is 10.5 Å². The monoisotopic (exact) mass is 359 g/mol. The minimum atomic E-state index is -2.48. The van der Waals surface area contributed by atoms with Crippen LogP contribution >= 0.6 is 0 Å². The molecule has 10 heteroatoms. The second kappa shape index (κ2) is 5.90. The molecule has 4 aromatic rings. The van der Waals surface area contributed by atoms with E-state index in [2.05, 4.69) is 20.1 Å². The second-order valence-electron chi connectivity index (χ2n) is 5.73. The number of halogens is 2. The molecule has 134 valence electrons. The van der Waals surface area contributed by atoms with Crippen molar-refractivity contribution < 1.29 is 13.5 Å². The Morgan fingerprint density at radius 2 is 2.12 bits per heavy atom. The highest BCUT2D eigenvalue weighted by atomic mass is 19.3. The van der Waals surface area contributed by atoms with E-state index in [-0.39, 0.29) is 5.95 Å². The summed E-state index contributed by atoms with van der Waals surface area (Å²) in [6, 6.07) is 3.59. The third-order valence-corrected chi connectivity index (χ3v) is 4.12. The molecule has 0 spiro atoms. The van der Waals surface area contributed by atoms with E-state index in [9.17, 15) is 8.78 Å². The van der Waals surface area contributed by atoms with Crippen LogP contribution in [0.1, 0.15) is 5.82 Å². The van der Waals surface area contributed by atoms with E-state index in [0.29, 0.717) is 33.9 Å². The Labute approximate surface area is 146 Å². The van der Waals surface area contributed by atoms with E-state index in [0.717, 1.165) is 5.56 Å². The molecule has 0 unspecified atom stereocenters. The van der Waals surface area contributed by atoms with Crippen molar-refractivity contribution in [3.63, 3.8) is 0 Å². The van der Waals surface area contributed by atoms with E-state index in [1.807, 2.05) is 6.07 Å². The molecule has 0 atom stereocenters. The van der Waals surface area contributed by atoms with Gasteiger partial charge in [0.05, 0.1) is 19.2 Å². The Hall–Kier alpha value is -3.30. The highest BCUT2D eigenvalue weighted by molar-refractivity contribution is 5.88. The van der Waals surface area contributed by atoms with Crippen molar-refractivity contribution >= 4 is 22.6 Å². The van der Waals surface area contributed by atoms with Gasteiger partial charge in [-0.25, -0.2) is 23.3 Å². The average Bonchev–Trinajstić information content (AvgIpc) is 3.15. The Balaban J connectivity index is 1.93. The zero-order valence-electron chi connectivity index (χ0n) is 14.0. The molecule has 0 aliphatic heterocycles. The van der Waals surface area contributed by atoms with Gasteiger partial charge in [-0.05, 0) is 19.1 Å². The lowest BCUT2D eigenvalue weighted by atomic mass is 10.1. The van der Waals surface area contributed by atoms with Gasteiger partial charge in [0.15, 0.2) is 5.65 Å². The zero-order valence-corrected chi connectivity index (χ0v) is 14.0. The Morgan fingerprint density at radius 3 is 2.85 bits per heavy atom. The average molecular weight is 359 g/mol. The number of hydrogen-bond donors (Lipinski definition) is 1. The molecule has 0 fully saturated rings. The highest BCUT2D eigenvalue weighted by Crippen LogP contribution is 2.32. The fourth-order valence-electron chi connectivity index (χ4n) is 3.02. The van der Waals surface area contributed by atoms with Crippen LogP contribution in [0, 0.1) is 6.92 Å². The van der Waals surface area contributed by atoms with Crippen molar-refractivity contribution in [2.24, 2.45) is 0 Å². The van der Waals surface area contributed by atoms with Crippen LogP contribution in [0.4, 0.5) is 14.7 Å². The van der Waals surface area contributed by atoms with Crippen molar-refractivity contribution in [2.45, 2.75) is 19.9 Å². The van der Waals surface area contributed by atoms with Crippen LogP contribution in [-0.4, -0.2) is 42.7 Å². The van der Waals surface area contributed by atoms with Gasteiger partial charge < -0.3 is 15.0 Å². The maximum atomic E-state index is 12.9. The predicted octanol–water partition coefficient (Wildman–Crippen LogP) is 2.31. The summed E-state index contributed by atoms with van der Waals surface area (Å²) >= 11 is 0. The number of methoxy groups -OCH3 is 1. The molecule has 0 amide bonds. The number of ether oxygens (including phenoxy) is 1. The fraction of sp³-hybridized carbons (Fsp3) is 0.250. The molecule has 0 saturated carbocycles. The normalized spacial score (nSPS) is 11.7. The molecule has 4 heterocycles. The molecule has 0 radical (unpaired) electrons. The smallest absolute Gasteiger partial charge is 0.256 e. The molecule has 4 aromatic heterocycles. The van der Waals surface area contributed by atoms with Gasteiger partial charge in [-0.2, -0.15) is 4.98 Å². The number of hydrogen-bond acceptors (Lipinski definition) is 6. The summed E-state index contributed by atoms with van der Waals surface area (Å²) in [6.07, 6.45) is 0.866. The van der Waals surface area contributed by atoms with Crippen LogP contribution in [0.25, 0.3) is 27.8 Å². The van der Waals surface area contributed by atoms with Crippen LogP contribution in [0.3, 0.4) is 0 Å². The number of aryl methyl sites for hydroxylation is 1. The van der Waals surface area contributed by atoms with Crippen molar-refractivity contribution in [3.8, 4) is 17.0 Å². The lowest BCUT2D eigenvalue weighted by Gasteiger charge is -2.08. The summed E-state index contributed by atoms with van der Waals surface area (Å²) in [4.78, 5) is 12.6. The van der Waals surface area contributed by atoms with E-state index >= 15 is 0 Å².